The van der Waals surface area contributed by atoms with E-state index >= 15 is 0 Å². The van der Waals surface area contributed by atoms with Crippen LogP contribution >= 0.6 is 0 Å². The topological polar surface area (TPSA) is 46.4 Å². The smallest absolute Gasteiger partial charge is 0.259 e. The summed E-state index contributed by atoms with van der Waals surface area (Å²) in [6.07, 6.45) is 3.98. The Kier molecular flexibility index (Phi) is 4.20. The Balaban J connectivity index is 2.15. The average Bonchev–Trinajstić information content (AvgIpc) is 2.36. The van der Waals surface area contributed by atoms with Gasteiger partial charge in [-0.15, -0.1) is 0 Å². The number of anilines is 1. The monoisotopic (exact) mass is 259 g/mol. The third kappa shape index (κ3) is 3.56. The molecule has 2 rings (SSSR count). The highest BCUT2D eigenvalue weighted by molar-refractivity contribution is 5.46. The molecule has 0 aliphatic heterocycles. The van der Waals surface area contributed by atoms with E-state index in [2.05, 4.69) is 31.1 Å². The molecule has 0 aromatic carbocycles. The van der Waals surface area contributed by atoms with Gasteiger partial charge in [-0.3, -0.25) is 9.20 Å². The van der Waals surface area contributed by atoms with Gasteiger partial charge in [0.15, 0.2) is 0 Å². The van der Waals surface area contributed by atoms with Crippen molar-refractivity contribution in [1.82, 2.24) is 9.38 Å². The summed E-state index contributed by atoms with van der Waals surface area (Å²) < 4.78 is 1.55. The average molecular weight is 259 g/mol. The standard InChI is InChI=1S/C15H21N3O/c1-11(2)7-8-12(3)16-13-10-15(19)18-9-5-4-6-14(18)17-13/h4-6,9-12,16H,7-8H2,1-3H3. The maximum absolute atomic E-state index is 11.9. The minimum absolute atomic E-state index is 0.0517. The van der Waals surface area contributed by atoms with Crippen LogP contribution in [0.15, 0.2) is 35.3 Å². The third-order valence-electron chi connectivity index (χ3n) is 3.14. The van der Waals surface area contributed by atoms with E-state index in [0.717, 1.165) is 6.42 Å². The molecule has 0 spiro atoms. The van der Waals surface area contributed by atoms with E-state index in [1.807, 2.05) is 18.2 Å². The van der Waals surface area contributed by atoms with Gasteiger partial charge >= 0.3 is 0 Å². The van der Waals surface area contributed by atoms with Gasteiger partial charge in [-0.2, -0.15) is 0 Å². The predicted octanol–water partition coefficient (Wildman–Crippen LogP) is 2.93. The molecule has 0 saturated heterocycles. The molecule has 102 valence electrons. The number of fused-ring (bicyclic) bond motifs is 1. The number of nitrogens with zero attached hydrogens (tertiary/aromatic N) is 2. The second-order valence-corrected chi connectivity index (χ2v) is 5.43. The summed E-state index contributed by atoms with van der Waals surface area (Å²) in [5.74, 6) is 1.35. The number of pyridine rings is 1. The predicted molar refractivity (Wildman–Crippen MR) is 78.6 cm³/mol. The molecule has 0 aliphatic rings. The zero-order valence-electron chi connectivity index (χ0n) is 11.8. The number of aromatic nitrogens is 2. The fraction of sp³-hybridized carbons (Fsp3) is 0.467. The van der Waals surface area contributed by atoms with Gasteiger partial charge in [-0.25, -0.2) is 4.98 Å². The third-order valence-corrected chi connectivity index (χ3v) is 3.14. The van der Waals surface area contributed by atoms with Crippen LogP contribution < -0.4 is 10.9 Å². The Labute approximate surface area is 113 Å². The van der Waals surface area contributed by atoms with E-state index in [-0.39, 0.29) is 5.56 Å². The normalized spacial score (nSPS) is 12.8. The Hall–Kier alpha value is -1.84. The maximum atomic E-state index is 11.9. The number of nitrogens with one attached hydrogen (secondary N) is 1. The molecular weight excluding hydrogens is 238 g/mol. The zero-order chi connectivity index (χ0) is 13.8. The molecule has 2 aromatic heterocycles. The number of hydrogen-bond donors (Lipinski definition) is 1. The molecule has 1 N–H and O–H groups in total. The van der Waals surface area contributed by atoms with Crippen molar-refractivity contribution in [1.29, 1.82) is 0 Å². The summed E-state index contributed by atoms with van der Waals surface area (Å²) in [6, 6.07) is 7.42. The quantitative estimate of drug-likeness (QED) is 0.898. The minimum atomic E-state index is -0.0517. The lowest BCUT2D eigenvalue weighted by Crippen LogP contribution is -2.20. The Morgan fingerprint density at radius 2 is 2.05 bits per heavy atom. The SMILES string of the molecule is CC(C)CCC(C)Nc1cc(=O)n2ccccc2n1. The van der Waals surface area contributed by atoms with E-state index in [1.165, 1.54) is 6.42 Å². The van der Waals surface area contributed by atoms with E-state index in [0.29, 0.717) is 23.4 Å². The summed E-state index contributed by atoms with van der Waals surface area (Å²) in [5.41, 5.74) is 0.623. The number of hydrogen-bond acceptors (Lipinski definition) is 3. The molecule has 0 amide bonds. The first kappa shape index (κ1) is 13.6. The first-order valence-electron chi connectivity index (χ1n) is 6.81. The molecule has 0 bridgehead atoms. The molecule has 4 nitrogen and oxygen atoms in total. The summed E-state index contributed by atoms with van der Waals surface area (Å²) in [5, 5.41) is 3.31. The molecule has 19 heavy (non-hydrogen) atoms. The van der Waals surface area contributed by atoms with Gasteiger partial charge in [0.1, 0.15) is 11.5 Å². The van der Waals surface area contributed by atoms with Crippen LogP contribution in [0.4, 0.5) is 5.82 Å². The van der Waals surface area contributed by atoms with Crippen molar-refractivity contribution >= 4 is 11.5 Å². The van der Waals surface area contributed by atoms with Gasteiger partial charge in [0.2, 0.25) is 0 Å². The lowest BCUT2D eigenvalue weighted by molar-refractivity contribution is 0.527. The summed E-state index contributed by atoms with van der Waals surface area (Å²) in [4.78, 5) is 16.4. The maximum Gasteiger partial charge on any atom is 0.259 e. The van der Waals surface area contributed by atoms with Crippen LogP contribution in [0.1, 0.15) is 33.6 Å². The summed E-state index contributed by atoms with van der Waals surface area (Å²) in [6.45, 7) is 6.55. The van der Waals surface area contributed by atoms with Crippen molar-refractivity contribution in [2.24, 2.45) is 5.92 Å². The van der Waals surface area contributed by atoms with Crippen molar-refractivity contribution < 1.29 is 0 Å². The second kappa shape index (κ2) is 5.87. The van der Waals surface area contributed by atoms with Gasteiger partial charge in [0.25, 0.3) is 5.56 Å². The second-order valence-electron chi connectivity index (χ2n) is 5.43. The molecule has 0 aliphatic carbocycles. The van der Waals surface area contributed by atoms with Crippen LogP contribution in [0.5, 0.6) is 0 Å². The lowest BCUT2D eigenvalue weighted by Gasteiger charge is -2.15. The molecule has 1 atom stereocenters. The Morgan fingerprint density at radius 3 is 2.79 bits per heavy atom. The fourth-order valence-electron chi connectivity index (χ4n) is 2.04. The Bertz CT molecular complexity index is 604. The van der Waals surface area contributed by atoms with E-state index in [1.54, 1.807) is 16.7 Å². The molecule has 2 aromatic rings. The van der Waals surface area contributed by atoms with Crippen LogP contribution in [0.3, 0.4) is 0 Å². The van der Waals surface area contributed by atoms with Crippen LogP contribution in [-0.4, -0.2) is 15.4 Å². The van der Waals surface area contributed by atoms with E-state index in [4.69, 9.17) is 0 Å². The molecule has 0 saturated carbocycles. The first-order chi connectivity index (χ1) is 9.06. The molecule has 1 unspecified atom stereocenters. The van der Waals surface area contributed by atoms with Gasteiger partial charge in [-0.05, 0) is 37.8 Å². The van der Waals surface area contributed by atoms with E-state index in [9.17, 15) is 4.79 Å². The minimum Gasteiger partial charge on any atom is -0.367 e. The Morgan fingerprint density at radius 1 is 1.26 bits per heavy atom. The fourth-order valence-corrected chi connectivity index (χ4v) is 2.04. The molecule has 0 fully saturated rings. The zero-order valence-corrected chi connectivity index (χ0v) is 11.8. The van der Waals surface area contributed by atoms with Crippen molar-refractivity contribution in [2.45, 2.75) is 39.7 Å². The van der Waals surface area contributed by atoms with Gasteiger partial charge < -0.3 is 5.32 Å². The summed E-state index contributed by atoms with van der Waals surface area (Å²) >= 11 is 0. The largest absolute Gasteiger partial charge is 0.367 e. The lowest BCUT2D eigenvalue weighted by atomic mass is 10.0. The van der Waals surface area contributed by atoms with Gasteiger partial charge in [0.05, 0.1) is 0 Å². The number of rotatable bonds is 5. The highest BCUT2D eigenvalue weighted by atomic mass is 16.1. The van der Waals surface area contributed by atoms with Crippen molar-refractivity contribution in [3.05, 3.63) is 40.8 Å². The highest BCUT2D eigenvalue weighted by Crippen LogP contribution is 2.11. The van der Waals surface area contributed by atoms with Crippen LogP contribution in [0.25, 0.3) is 5.65 Å². The van der Waals surface area contributed by atoms with Crippen molar-refractivity contribution in [3.8, 4) is 0 Å². The van der Waals surface area contributed by atoms with Crippen LogP contribution in [0, 0.1) is 5.92 Å². The highest BCUT2D eigenvalue weighted by Gasteiger charge is 2.06. The van der Waals surface area contributed by atoms with Crippen molar-refractivity contribution in [2.75, 3.05) is 5.32 Å². The summed E-state index contributed by atoms with van der Waals surface area (Å²) in [7, 11) is 0. The van der Waals surface area contributed by atoms with Crippen LogP contribution in [-0.2, 0) is 0 Å². The van der Waals surface area contributed by atoms with E-state index < -0.39 is 0 Å². The first-order valence-corrected chi connectivity index (χ1v) is 6.81. The van der Waals surface area contributed by atoms with Crippen LogP contribution in [0.2, 0.25) is 0 Å². The molecule has 0 radical (unpaired) electrons. The van der Waals surface area contributed by atoms with Gasteiger partial charge in [0, 0.05) is 18.3 Å². The molecular formula is C15H21N3O. The molecule has 4 heteroatoms. The van der Waals surface area contributed by atoms with Crippen molar-refractivity contribution in [3.63, 3.8) is 0 Å². The van der Waals surface area contributed by atoms with Gasteiger partial charge in [-0.1, -0.05) is 19.9 Å². The molecule has 2 heterocycles.